The van der Waals surface area contributed by atoms with E-state index in [0.717, 1.165) is 4.52 Å². The van der Waals surface area contributed by atoms with Crippen molar-refractivity contribution in [3.8, 4) is 0 Å². The standard InChI is InChI=1S/C11H10N8O4/c12-8-7(9-13-10(20)14-11(21)18(9)17-8)16-15-5-1-3-6(4-2-5)19(22)23/h1-4,15-16H,(H2,12,17)(H2,13,14,20,21). The van der Waals surface area contributed by atoms with Crippen LogP contribution in [0.5, 0.6) is 0 Å². The Labute approximate surface area is 126 Å². The molecule has 0 fully saturated rings. The first-order chi connectivity index (χ1) is 11.0. The van der Waals surface area contributed by atoms with Crippen LogP contribution in [0.1, 0.15) is 0 Å². The van der Waals surface area contributed by atoms with Crippen LogP contribution >= 0.6 is 0 Å². The fraction of sp³-hybridized carbons (Fsp3) is 0. The smallest absolute Gasteiger partial charge is 0.352 e. The van der Waals surface area contributed by atoms with Gasteiger partial charge in [0.05, 0.1) is 10.6 Å². The number of fused-ring (bicyclic) bond motifs is 1. The molecule has 0 amide bonds. The number of anilines is 3. The van der Waals surface area contributed by atoms with Gasteiger partial charge >= 0.3 is 11.4 Å². The van der Waals surface area contributed by atoms with Gasteiger partial charge in [-0.2, -0.15) is 4.52 Å². The van der Waals surface area contributed by atoms with Gasteiger partial charge in [-0.15, -0.1) is 5.10 Å². The molecule has 2 aromatic heterocycles. The predicted molar refractivity (Wildman–Crippen MR) is 81.2 cm³/mol. The van der Waals surface area contributed by atoms with E-state index in [1.54, 1.807) is 0 Å². The highest BCUT2D eigenvalue weighted by Gasteiger charge is 2.13. The van der Waals surface area contributed by atoms with Gasteiger partial charge in [0.25, 0.3) is 5.69 Å². The third kappa shape index (κ3) is 2.55. The monoisotopic (exact) mass is 318 g/mol. The topological polar surface area (TPSA) is 176 Å². The molecular formula is C11H10N8O4. The van der Waals surface area contributed by atoms with Gasteiger partial charge in [-0.3, -0.25) is 25.5 Å². The van der Waals surface area contributed by atoms with E-state index in [1.165, 1.54) is 24.3 Å². The molecule has 0 spiro atoms. The summed E-state index contributed by atoms with van der Waals surface area (Å²) in [5, 5.41) is 14.4. The molecule has 2 heterocycles. The molecule has 0 atom stereocenters. The normalized spacial score (nSPS) is 10.6. The summed E-state index contributed by atoms with van der Waals surface area (Å²) in [4.78, 5) is 37.4. The molecule has 0 aliphatic heterocycles. The molecule has 3 aromatic rings. The Kier molecular flexibility index (Phi) is 3.18. The van der Waals surface area contributed by atoms with Gasteiger partial charge in [0.2, 0.25) is 0 Å². The Hall–Kier alpha value is -3.83. The summed E-state index contributed by atoms with van der Waals surface area (Å²) in [7, 11) is 0. The van der Waals surface area contributed by atoms with Crippen molar-refractivity contribution in [2.24, 2.45) is 0 Å². The first kappa shape index (κ1) is 14.1. The highest BCUT2D eigenvalue weighted by molar-refractivity contribution is 5.79. The maximum Gasteiger partial charge on any atom is 0.352 e. The number of H-pyrrole nitrogens is 2. The second-order valence-electron chi connectivity index (χ2n) is 4.46. The SMILES string of the molecule is Nc1nn2c(=O)[nH]c(=O)[nH]c2c1NNc1ccc([N+](=O)[O-])cc1. The van der Waals surface area contributed by atoms with Crippen molar-refractivity contribution < 1.29 is 4.92 Å². The minimum absolute atomic E-state index is 0.0215. The summed E-state index contributed by atoms with van der Waals surface area (Å²) in [5.41, 5.74) is 10.4. The Morgan fingerprint density at radius 1 is 1.17 bits per heavy atom. The number of benzene rings is 1. The van der Waals surface area contributed by atoms with Gasteiger partial charge in [0, 0.05) is 12.1 Å². The van der Waals surface area contributed by atoms with Crippen LogP contribution in [0.3, 0.4) is 0 Å². The zero-order chi connectivity index (χ0) is 16.6. The molecule has 0 unspecified atom stereocenters. The summed E-state index contributed by atoms with van der Waals surface area (Å²) in [6.45, 7) is 0. The van der Waals surface area contributed by atoms with Crippen LogP contribution < -0.4 is 28.0 Å². The molecule has 0 aliphatic rings. The average Bonchev–Trinajstić information content (AvgIpc) is 2.82. The van der Waals surface area contributed by atoms with Crippen molar-refractivity contribution in [2.45, 2.75) is 0 Å². The number of nitrogens with two attached hydrogens (primary N) is 1. The lowest BCUT2D eigenvalue weighted by Gasteiger charge is -2.08. The number of aromatic amines is 2. The van der Waals surface area contributed by atoms with Crippen LogP contribution in [0.15, 0.2) is 33.9 Å². The fourth-order valence-electron chi connectivity index (χ4n) is 1.91. The predicted octanol–water partition coefficient (Wildman–Crippen LogP) is -0.360. The Bertz CT molecular complexity index is 1000. The largest absolute Gasteiger partial charge is 0.380 e. The third-order valence-electron chi connectivity index (χ3n) is 2.97. The Balaban J connectivity index is 1.90. The number of hydrogen-bond donors (Lipinski definition) is 5. The number of nitro groups is 1. The zero-order valence-corrected chi connectivity index (χ0v) is 11.4. The van der Waals surface area contributed by atoms with Gasteiger partial charge in [0.1, 0.15) is 5.69 Å². The van der Waals surface area contributed by atoms with Gasteiger partial charge in [0.15, 0.2) is 11.5 Å². The number of rotatable bonds is 4. The van der Waals surface area contributed by atoms with E-state index in [-0.39, 0.29) is 22.8 Å². The first-order valence-corrected chi connectivity index (χ1v) is 6.23. The molecule has 12 heteroatoms. The van der Waals surface area contributed by atoms with Crippen molar-refractivity contribution in [1.82, 2.24) is 19.6 Å². The second-order valence-corrected chi connectivity index (χ2v) is 4.46. The molecule has 0 bridgehead atoms. The molecule has 0 radical (unpaired) electrons. The molecule has 3 rings (SSSR count). The van der Waals surface area contributed by atoms with E-state index in [9.17, 15) is 19.7 Å². The average molecular weight is 318 g/mol. The van der Waals surface area contributed by atoms with Crippen molar-refractivity contribution in [3.63, 3.8) is 0 Å². The van der Waals surface area contributed by atoms with Gasteiger partial charge in [-0.25, -0.2) is 9.59 Å². The number of aromatic nitrogens is 4. The van der Waals surface area contributed by atoms with Crippen molar-refractivity contribution in [2.75, 3.05) is 16.6 Å². The van der Waals surface area contributed by atoms with E-state index in [1.807, 2.05) is 4.98 Å². The van der Waals surface area contributed by atoms with Crippen molar-refractivity contribution >= 4 is 28.5 Å². The maximum atomic E-state index is 11.6. The second kappa shape index (κ2) is 5.18. The van der Waals surface area contributed by atoms with Crippen molar-refractivity contribution in [3.05, 3.63) is 55.3 Å². The molecule has 23 heavy (non-hydrogen) atoms. The molecule has 0 saturated heterocycles. The van der Waals surface area contributed by atoms with E-state index >= 15 is 0 Å². The molecule has 0 saturated carbocycles. The lowest BCUT2D eigenvalue weighted by Crippen LogP contribution is -2.28. The lowest BCUT2D eigenvalue weighted by molar-refractivity contribution is -0.384. The number of hydrogen-bond acceptors (Lipinski definition) is 8. The molecule has 12 nitrogen and oxygen atoms in total. The number of non-ortho nitro benzene ring substituents is 1. The number of nitrogen functional groups attached to an aromatic ring is 1. The van der Waals surface area contributed by atoms with Crippen LogP contribution in [-0.2, 0) is 0 Å². The lowest BCUT2D eigenvalue weighted by atomic mass is 10.3. The van der Waals surface area contributed by atoms with E-state index in [4.69, 9.17) is 5.73 Å². The Morgan fingerprint density at radius 3 is 2.52 bits per heavy atom. The minimum Gasteiger partial charge on any atom is -0.380 e. The van der Waals surface area contributed by atoms with Gasteiger partial charge in [-0.1, -0.05) is 0 Å². The minimum atomic E-state index is -0.737. The number of hydrazine groups is 1. The van der Waals surface area contributed by atoms with Gasteiger partial charge < -0.3 is 11.2 Å². The summed E-state index contributed by atoms with van der Waals surface area (Å²) in [6.07, 6.45) is 0. The molecule has 1 aromatic carbocycles. The molecule has 0 aliphatic carbocycles. The van der Waals surface area contributed by atoms with E-state index in [2.05, 4.69) is 20.9 Å². The van der Waals surface area contributed by atoms with Crippen LogP contribution in [0.2, 0.25) is 0 Å². The highest BCUT2D eigenvalue weighted by Crippen LogP contribution is 2.21. The van der Waals surface area contributed by atoms with E-state index < -0.39 is 16.3 Å². The molecular weight excluding hydrogens is 308 g/mol. The van der Waals surface area contributed by atoms with Crippen molar-refractivity contribution in [1.29, 1.82) is 0 Å². The zero-order valence-electron chi connectivity index (χ0n) is 11.4. The summed E-state index contributed by atoms with van der Waals surface area (Å²) in [6, 6.07) is 5.58. The van der Waals surface area contributed by atoms with E-state index in [0.29, 0.717) is 5.69 Å². The number of nitro benzene ring substituents is 1. The van der Waals surface area contributed by atoms with Crippen LogP contribution in [0.4, 0.5) is 22.9 Å². The maximum absolute atomic E-state index is 11.6. The van der Waals surface area contributed by atoms with Crippen LogP contribution in [0.25, 0.3) is 5.65 Å². The Morgan fingerprint density at radius 2 is 1.87 bits per heavy atom. The van der Waals surface area contributed by atoms with Gasteiger partial charge in [-0.05, 0) is 12.1 Å². The molecule has 118 valence electrons. The highest BCUT2D eigenvalue weighted by atomic mass is 16.6. The first-order valence-electron chi connectivity index (χ1n) is 6.23. The quantitative estimate of drug-likeness (QED) is 0.320. The third-order valence-corrected chi connectivity index (χ3v) is 2.97. The van der Waals surface area contributed by atoms with Crippen LogP contribution in [0, 0.1) is 10.1 Å². The summed E-state index contributed by atoms with van der Waals surface area (Å²) >= 11 is 0. The van der Waals surface area contributed by atoms with Crippen LogP contribution in [-0.4, -0.2) is 24.5 Å². The summed E-state index contributed by atoms with van der Waals surface area (Å²) < 4.78 is 0.899. The summed E-state index contributed by atoms with van der Waals surface area (Å²) in [5.74, 6) is -0.0215. The molecule has 6 N–H and O–H groups in total. The number of nitrogens with zero attached hydrogens (tertiary/aromatic N) is 3. The fourth-order valence-corrected chi connectivity index (χ4v) is 1.91. The number of nitrogens with one attached hydrogen (secondary N) is 4.